The van der Waals surface area contributed by atoms with Gasteiger partial charge < -0.3 is 14.4 Å². The first-order chi connectivity index (χ1) is 14.7. The van der Waals surface area contributed by atoms with Crippen molar-refractivity contribution in [2.45, 2.75) is 52.4 Å². The summed E-state index contributed by atoms with van der Waals surface area (Å²) in [4.78, 5) is 38.1. The summed E-state index contributed by atoms with van der Waals surface area (Å²) in [5.41, 5.74) is 1.66. The molecule has 166 valence electrons. The van der Waals surface area contributed by atoms with E-state index in [4.69, 9.17) is 9.47 Å². The fourth-order valence-electron chi connectivity index (χ4n) is 3.56. The zero-order valence-electron chi connectivity index (χ0n) is 18.8. The van der Waals surface area contributed by atoms with Gasteiger partial charge in [-0.25, -0.2) is 0 Å². The number of ether oxygens (including phenoxy) is 2. The van der Waals surface area contributed by atoms with E-state index < -0.39 is 30.1 Å². The molecule has 0 unspecified atom stereocenters. The van der Waals surface area contributed by atoms with E-state index in [9.17, 15) is 14.4 Å². The molecule has 31 heavy (non-hydrogen) atoms. The smallest absolute Gasteiger partial charge is 0.303 e. The molecule has 0 spiro atoms. The van der Waals surface area contributed by atoms with E-state index in [0.29, 0.717) is 6.42 Å². The summed E-state index contributed by atoms with van der Waals surface area (Å²) in [5, 5.41) is 0. The Balaban J connectivity index is 2.16. The molecule has 2 rings (SSSR count). The summed E-state index contributed by atoms with van der Waals surface area (Å²) < 4.78 is 11.0. The van der Waals surface area contributed by atoms with Crippen LogP contribution in [0.4, 0.5) is 0 Å². The molecule has 1 amide bonds. The van der Waals surface area contributed by atoms with Gasteiger partial charge in [0.05, 0.1) is 6.04 Å². The van der Waals surface area contributed by atoms with E-state index in [-0.39, 0.29) is 11.9 Å². The largest absolute Gasteiger partial charge is 0.458 e. The Labute approximate surface area is 184 Å². The zero-order chi connectivity index (χ0) is 23.0. The number of benzene rings is 2. The normalized spacial score (nSPS) is 14.6. The minimum Gasteiger partial charge on any atom is -0.458 e. The van der Waals surface area contributed by atoms with Gasteiger partial charge in [0.25, 0.3) is 0 Å². The van der Waals surface area contributed by atoms with Crippen LogP contribution in [0.3, 0.4) is 0 Å². The highest BCUT2D eigenvalue weighted by molar-refractivity contribution is 5.79. The molecule has 0 saturated heterocycles. The molecular weight excluding hydrogens is 394 g/mol. The lowest BCUT2D eigenvalue weighted by Crippen LogP contribution is -2.43. The second-order valence-corrected chi connectivity index (χ2v) is 7.78. The predicted octanol–water partition coefficient (Wildman–Crippen LogP) is 4.47. The quantitative estimate of drug-likeness (QED) is 0.554. The fourth-order valence-corrected chi connectivity index (χ4v) is 3.56. The first kappa shape index (κ1) is 24.1. The highest BCUT2D eigenvalue weighted by Crippen LogP contribution is 2.29. The van der Waals surface area contributed by atoms with Gasteiger partial charge >= 0.3 is 11.9 Å². The van der Waals surface area contributed by atoms with Gasteiger partial charge in [0.15, 0.2) is 0 Å². The first-order valence-corrected chi connectivity index (χ1v) is 10.4. The monoisotopic (exact) mass is 425 g/mol. The van der Waals surface area contributed by atoms with E-state index in [1.54, 1.807) is 11.9 Å². The lowest BCUT2D eigenvalue weighted by molar-refractivity contribution is -0.155. The molecule has 0 N–H and O–H groups in total. The van der Waals surface area contributed by atoms with Gasteiger partial charge in [-0.15, -0.1) is 0 Å². The van der Waals surface area contributed by atoms with Crippen molar-refractivity contribution in [3.63, 3.8) is 0 Å². The topological polar surface area (TPSA) is 72.9 Å². The number of carbonyl (C=O) groups is 3. The van der Waals surface area contributed by atoms with E-state index >= 15 is 0 Å². The Hall–Kier alpha value is -3.15. The molecule has 0 radical (unpaired) electrons. The van der Waals surface area contributed by atoms with Gasteiger partial charge in [-0.2, -0.15) is 0 Å². The van der Waals surface area contributed by atoms with Crippen LogP contribution in [0.25, 0.3) is 0 Å². The number of hydrogen-bond acceptors (Lipinski definition) is 5. The second kappa shape index (κ2) is 11.3. The minimum absolute atomic E-state index is 0.117. The van der Waals surface area contributed by atoms with Crippen LogP contribution in [-0.2, 0) is 23.9 Å². The van der Waals surface area contributed by atoms with Gasteiger partial charge in [-0.05, 0) is 24.5 Å². The number of likely N-dealkylation sites (N-methyl/N-ethyl adjacent to an activating group) is 1. The van der Waals surface area contributed by atoms with Crippen molar-refractivity contribution < 1.29 is 23.9 Å². The molecule has 0 bridgehead atoms. The average molecular weight is 426 g/mol. The lowest BCUT2D eigenvalue weighted by Gasteiger charge is -2.34. The highest BCUT2D eigenvalue weighted by Gasteiger charge is 2.32. The minimum atomic E-state index is -0.585. The van der Waals surface area contributed by atoms with Crippen LogP contribution in [-0.4, -0.2) is 35.8 Å². The van der Waals surface area contributed by atoms with Crippen molar-refractivity contribution in [3.05, 3.63) is 71.8 Å². The second-order valence-electron chi connectivity index (χ2n) is 7.78. The standard InChI is InChI=1S/C25H31NO5/c1-17(16-23(30-19(3)27)21-12-8-6-9-13-21)25(29)26(5)18(2)24(31-20(4)28)22-14-10-7-11-15-22/h6-15,17-18,23-24H,16H2,1-5H3/t17-,18-,23-,24+/m0/s1. The number of carbonyl (C=O) groups excluding carboxylic acids is 3. The van der Waals surface area contributed by atoms with Crippen molar-refractivity contribution in [1.29, 1.82) is 0 Å². The number of esters is 2. The van der Waals surface area contributed by atoms with Crippen LogP contribution < -0.4 is 0 Å². The van der Waals surface area contributed by atoms with Gasteiger partial charge in [-0.3, -0.25) is 14.4 Å². The molecule has 0 aliphatic heterocycles. The lowest BCUT2D eigenvalue weighted by atomic mass is 9.95. The van der Waals surface area contributed by atoms with Crippen LogP contribution in [0.1, 0.15) is 57.5 Å². The molecule has 0 saturated carbocycles. The predicted molar refractivity (Wildman–Crippen MR) is 118 cm³/mol. The van der Waals surface area contributed by atoms with Crippen LogP contribution in [0.15, 0.2) is 60.7 Å². The number of amides is 1. The molecule has 2 aromatic carbocycles. The van der Waals surface area contributed by atoms with Crippen molar-refractivity contribution >= 4 is 17.8 Å². The molecule has 0 aliphatic rings. The van der Waals surface area contributed by atoms with Crippen LogP contribution in [0.5, 0.6) is 0 Å². The molecule has 0 heterocycles. The van der Waals surface area contributed by atoms with E-state index in [1.807, 2.05) is 74.5 Å². The molecule has 4 atom stereocenters. The van der Waals surface area contributed by atoms with Gasteiger partial charge in [0.1, 0.15) is 12.2 Å². The SMILES string of the molecule is CC(=O)O[C@@H](C[C@H](C)C(=O)N(C)[C@@H](C)[C@@H](OC(C)=O)c1ccccc1)c1ccccc1. The maximum Gasteiger partial charge on any atom is 0.303 e. The summed E-state index contributed by atoms with van der Waals surface area (Å²) in [6.45, 7) is 6.39. The van der Waals surface area contributed by atoms with Crippen LogP contribution in [0.2, 0.25) is 0 Å². The third-order valence-corrected chi connectivity index (χ3v) is 5.29. The molecule has 6 nitrogen and oxygen atoms in total. The molecule has 0 aliphatic carbocycles. The number of nitrogens with zero attached hydrogens (tertiary/aromatic N) is 1. The van der Waals surface area contributed by atoms with Crippen molar-refractivity contribution in [2.24, 2.45) is 5.92 Å². The third kappa shape index (κ3) is 6.95. The zero-order valence-corrected chi connectivity index (χ0v) is 18.8. The van der Waals surface area contributed by atoms with Gasteiger partial charge in [0, 0.05) is 26.8 Å². The van der Waals surface area contributed by atoms with Gasteiger partial charge in [-0.1, -0.05) is 67.6 Å². The third-order valence-electron chi connectivity index (χ3n) is 5.29. The summed E-state index contributed by atoms with van der Waals surface area (Å²) >= 11 is 0. The van der Waals surface area contributed by atoms with Crippen LogP contribution in [0, 0.1) is 5.92 Å². The van der Waals surface area contributed by atoms with E-state index in [2.05, 4.69) is 0 Å². The summed E-state index contributed by atoms with van der Waals surface area (Å²) in [5.74, 6) is -1.33. The Morgan fingerprint density at radius 2 is 1.29 bits per heavy atom. The molecular formula is C25H31NO5. The molecule has 2 aromatic rings. The van der Waals surface area contributed by atoms with E-state index in [1.165, 1.54) is 13.8 Å². The van der Waals surface area contributed by atoms with Crippen molar-refractivity contribution in [3.8, 4) is 0 Å². The van der Waals surface area contributed by atoms with E-state index in [0.717, 1.165) is 11.1 Å². The Morgan fingerprint density at radius 3 is 1.77 bits per heavy atom. The fraction of sp³-hybridized carbons (Fsp3) is 0.400. The Bertz CT molecular complexity index is 868. The first-order valence-electron chi connectivity index (χ1n) is 10.4. The Kier molecular flexibility index (Phi) is 8.79. The summed E-state index contributed by atoms with van der Waals surface area (Å²) in [7, 11) is 1.70. The molecule has 6 heteroatoms. The van der Waals surface area contributed by atoms with Crippen molar-refractivity contribution in [2.75, 3.05) is 7.05 Å². The van der Waals surface area contributed by atoms with Crippen LogP contribution >= 0.6 is 0 Å². The highest BCUT2D eigenvalue weighted by atomic mass is 16.5. The Morgan fingerprint density at radius 1 is 0.806 bits per heavy atom. The molecule has 0 aromatic heterocycles. The number of rotatable bonds is 9. The van der Waals surface area contributed by atoms with Gasteiger partial charge in [0.2, 0.25) is 5.91 Å². The molecule has 0 fully saturated rings. The maximum absolute atomic E-state index is 13.2. The number of hydrogen-bond donors (Lipinski definition) is 0. The average Bonchev–Trinajstić information content (AvgIpc) is 2.76. The summed E-state index contributed by atoms with van der Waals surface area (Å²) in [6, 6.07) is 18.4. The summed E-state index contributed by atoms with van der Waals surface area (Å²) in [6.07, 6.45) is -0.749. The maximum atomic E-state index is 13.2. The van der Waals surface area contributed by atoms with Crippen molar-refractivity contribution in [1.82, 2.24) is 4.90 Å².